The summed E-state index contributed by atoms with van der Waals surface area (Å²) in [6, 6.07) is 1.95. The molecule has 0 aromatic carbocycles. The van der Waals surface area contributed by atoms with Gasteiger partial charge >= 0.3 is 0 Å². The highest BCUT2D eigenvalue weighted by Gasteiger charge is 2.06. The summed E-state index contributed by atoms with van der Waals surface area (Å²) < 4.78 is 0. The predicted octanol–water partition coefficient (Wildman–Crippen LogP) is 3.15. The molecular weight excluding hydrogens is 170 g/mol. The molecule has 2 nitrogen and oxygen atoms in total. The Morgan fingerprint density at radius 3 is 2.67 bits per heavy atom. The maximum absolute atomic E-state index is 10.0. The van der Waals surface area contributed by atoms with Crippen LogP contribution >= 0.6 is 11.3 Å². The molecule has 0 aliphatic rings. The highest BCUT2D eigenvalue weighted by atomic mass is 32.1. The van der Waals surface area contributed by atoms with Crippen molar-refractivity contribution in [2.45, 2.75) is 26.7 Å². The minimum absolute atomic E-state index is 0.504. The minimum atomic E-state index is 0.504. The molecule has 0 N–H and O–H groups in total. The number of aryl methyl sites for hydroxylation is 1. The second-order valence-electron chi connectivity index (χ2n) is 2.95. The van der Waals surface area contributed by atoms with E-state index in [0.717, 1.165) is 10.6 Å². The summed E-state index contributed by atoms with van der Waals surface area (Å²) in [4.78, 5) is 16.0. The third kappa shape index (κ3) is 1.81. The van der Waals surface area contributed by atoms with E-state index in [9.17, 15) is 4.79 Å². The zero-order valence-corrected chi connectivity index (χ0v) is 8.23. The van der Waals surface area contributed by atoms with Crippen molar-refractivity contribution in [1.82, 2.24) is 0 Å². The molecule has 64 valence electrons. The van der Waals surface area contributed by atoms with E-state index >= 15 is 0 Å². The fraction of sp³-hybridized carbons (Fsp3) is 0.444. The van der Waals surface area contributed by atoms with Crippen LogP contribution in [0.2, 0.25) is 0 Å². The maximum Gasteiger partial charge on any atom is 0.240 e. The fourth-order valence-corrected chi connectivity index (χ4v) is 1.91. The molecule has 0 unspecified atom stereocenters. The molecule has 0 aliphatic heterocycles. The number of hydrogen-bond donors (Lipinski definition) is 0. The van der Waals surface area contributed by atoms with E-state index in [1.807, 2.05) is 13.0 Å². The highest BCUT2D eigenvalue weighted by molar-refractivity contribution is 7.12. The van der Waals surface area contributed by atoms with E-state index in [1.54, 1.807) is 17.4 Å². The van der Waals surface area contributed by atoms with Crippen LogP contribution in [0.4, 0.5) is 5.69 Å². The molecule has 12 heavy (non-hydrogen) atoms. The van der Waals surface area contributed by atoms with Crippen molar-refractivity contribution in [2.75, 3.05) is 0 Å². The Balaban J connectivity index is 3.08. The zero-order valence-electron chi connectivity index (χ0n) is 7.42. The van der Waals surface area contributed by atoms with Gasteiger partial charge in [-0.05, 0) is 18.9 Å². The van der Waals surface area contributed by atoms with E-state index in [0.29, 0.717) is 5.92 Å². The topological polar surface area (TPSA) is 29.4 Å². The van der Waals surface area contributed by atoms with E-state index < -0.39 is 0 Å². The first-order valence-corrected chi connectivity index (χ1v) is 4.65. The first kappa shape index (κ1) is 9.17. The van der Waals surface area contributed by atoms with Gasteiger partial charge in [0.1, 0.15) is 0 Å². The van der Waals surface area contributed by atoms with Crippen LogP contribution in [0.5, 0.6) is 0 Å². The van der Waals surface area contributed by atoms with Gasteiger partial charge in [0.2, 0.25) is 6.08 Å². The number of isocyanates is 1. The molecule has 0 saturated heterocycles. The number of hydrogen-bond acceptors (Lipinski definition) is 3. The van der Waals surface area contributed by atoms with Gasteiger partial charge in [0.25, 0.3) is 0 Å². The predicted molar refractivity (Wildman–Crippen MR) is 50.9 cm³/mol. The standard InChI is InChI=1S/C9H11NOS/c1-6(2)9-4-8(10-5-11)7(3)12-9/h4,6H,1-3H3. The number of carbonyl (C=O) groups excluding carboxylic acids is 1. The molecule has 0 spiro atoms. The summed E-state index contributed by atoms with van der Waals surface area (Å²) in [5.74, 6) is 0.504. The van der Waals surface area contributed by atoms with Crippen molar-refractivity contribution in [3.8, 4) is 0 Å². The first-order valence-electron chi connectivity index (χ1n) is 3.83. The van der Waals surface area contributed by atoms with Crippen LogP contribution < -0.4 is 0 Å². The van der Waals surface area contributed by atoms with E-state index in [1.165, 1.54) is 4.88 Å². The Bertz CT molecular complexity index is 321. The van der Waals surface area contributed by atoms with Gasteiger partial charge in [-0.15, -0.1) is 11.3 Å². The lowest BCUT2D eigenvalue weighted by Crippen LogP contribution is -1.77. The van der Waals surface area contributed by atoms with Gasteiger partial charge < -0.3 is 0 Å². The monoisotopic (exact) mass is 181 g/mol. The molecular formula is C9H11NOS. The second-order valence-corrected chi connectivity index (χ2v) is 4.24. The van der Waals surface area contributed by atoms with Gasteiger partial charge in [-0.1, -0.05) is 13.8 Å². The Labute approximate surface area is 76.0 Å². The number of thiophene rings is 1. The summed E-state index contributed by atoms with van der Waals surface area (Å²) in [5.41, 5.74) is 0.763. The number of nitrogens with zero attached hydrogens (tertiary/aromatic N) is 1. The van der Waals surface area contributed by atoms with Crippen molar-refractivity contribution in [3.05, 3.63) is 15.8 Å². The van der Waals surface area contributed by atoms with Crippen LogP contribution in [0.1, 0.15) is 29.5 Å². The minimum Gasteiger partial charge on any atom is -0.211 e. The van der Waals surface area contributed by atoms with Crippen molar-refractivity contribution >= 4 is 23.1 Å². The average Bonchev–Trinajstić information content (AvgIpc) is 2.34. The molecule has 0 saturated carbocycles. The van der Waals surface area contributed by atoms with Crippen LogP contribution in [0.25, 0.3) is 0 Å². The van der Waals surface area contributed by atoms with E-state index in [2.05, 4.69) is 18.8 Å². The second kappa shape index (κ2) is 3.65. The van der Waals surface area contributed by atoms with Crippen LogP contribution in [0, 0.1) is 6.92 Å². The summed E-state index contributed by atoms with van der Waals surface area (Å²) in [5, 5.41) is 0. The van der Waals surface area contributed by atoms with E-state index in [4.69, 9.17) is 0 Å². The third-order valence-corrected chi connectivity index (χ3v) is 2.99. The van der Waals surface area contributed by atoms with E-state index in [-0.39, 0.29) is 0 Å². The lowest BCUT2D eigenvalue weighted by atomic mass is 10.2. The number of aliphatic imine (C=N–C) groups is 1. The summed E-state index contributed by atoms with van der Waals surface area (Å²) >= 11 is 1.69. The van der Waals surface area contributed by atoms with Gasteiger partial charge in [-0.2, -0.15) is 4.99 Å². The normalized spacial score (nSPS) is 10.0. The molecule has 3 heteroatoms. The largest absolute Gasteiger partial charge is 0.240 e. The molecule has 0 atom stereocenters. The Hall–Kier alpha value is -0.920. The number of rotatable bonds is 2. The smallest absolute Gasteiger partial charge is 0.211 e. The van der Waals surface area contributed by atoms with Gasteiger partial charge in [-0.25, -0.2) is 4.79 Å². The van der Waals surface area contributed by atoms with Gasteiger partial charge in [-0.3, -0.25) is 0 Å². The first-order chi connectivity index (χ1) is 5.65. The van der Waals surface area contributed by atoms with Crippen LogP contribution in [-0.2, 0) is 4.79 Å². The Morgan fingerprint density at radius 2 is 2.25 bits per heavy atom. The Morgan fingerprint density at radius 1 is 1.58 bits per heavy atom. The van der Waals surface area contributed by atoms with Crippen LogP contribution in [0.15, 0.2) is 11.1 Å². The van der Waals surface area contributed by atoms with Gasteiger partial charge in [0.15, 0.2) is 0 Å². The third-order valence-electron chi connectivity index (χ3n) is 1.65. The summed E-state index contributed by atoms with van der Waals surface area (Å²) in [6.45, 7) is 6.21. The van der Waals surface area contributed by atoms with Crippen molar-refractivity contribution in [3.63, 3.8) is 0 Å². The molecule has 0 fully saturated rings. The molecule has 0 aliphatic carbocycles. The highest BCUT2D eigenvalue weighted by Crippen LogP contribution is 2.32. The molecule has 1 heterocycles. The molecule has 1 aromatic heterocycles. The molecule has 0 bridgehead atoms. The van der Waals surface area contributed by atoms with Crippen LogP contribution in [0.3, 0.4) is 0 Å². The van der Waals surface area contributed by atoms with Crippen molar-refractivity contribution in [2.24, 2.45) is 4.99 Å². The van der Waals surface area contributed by atoms with Gasteiger partial charge in [0.05, 0.1) is 5.69 Å². The Kier molecular flexibility index (Phi) is 2.79. The molecule has 0 radical (unpaired) electrons. The summed E-state index contributed by atoms with van der Waals surface area (Å²) in [7, 11) is 0. The molecule has 1 aromatic rings. The van der Waals surface area contributed by atoms with Crippen molar-refractivity contribution < 1.29 is 4.79 Å². The zero-order chi connectivity index (χ0) is 9.14. The maximum atomic E-state index is 10.0. The van der Waals surface area contributed by atoms with Crippen molar-refractivity contribution in [1.29, 1.82) is 0 Å². The lowest BCUT2D eigenvalue weighted by Gasteiger charge is -1.96. The SMILES string of the molecule is Cc1sc(C(C)C)cc1N=C=O. The van der Waals surface area contributed by atoms with Gasteiger partial charge in [0, 0.05) is 9.75 Å². The lowest BCUT2D eigenvalue weighted by molar-refractivity contribution is 0.565. The molecule has 1 rings (SSSR count). The molecule has 0 amide bonds. The average molecular weight is 181 g/mol. The fourth-order valence-electron chi connectivity index (χ4n) is 0.940. The quantitative estimate of drug-likeness (QED) is 0.509. The summed E-state index contributed by atoms with van der Waals surface area (Å²) in [6.07, 6.45) is 1.56. The van der Waals surface area contributed by atoms with Crippen LogP contribution in [-0.4, -0.2) is 6.08 Å².